The number of hydrogen-bond donors (Lipinski definition) is 1. The molecule has 1 aromatic heterocycles. The molecule has 2 aliphatic heterocycles. The maximum atomic E-state index is 13.1. The Morgan fingerprint density at radius 1 is 0.969 bits per heavy atom. The molecule has 0 radical (unpaired) electrons. The summed E-state index contributed by atoms with van der Waals surface area (Å²) in [6.45, 7) is 9.25. The second kappa shape index (κ2) is 8.96. The minimum Gasteiger partial charge on any atom is -0.361 e. The molecule has 2 fully saturated rings. The summed E-state index contributed by atoms with van der Waals surface area (Å²) < 4.78 is 0. The minimum atomic E-state index is -0.429. The van der Waals surface area contributed by atoms with E-state index in [4.69, 9.17) is 0 Å². The van der Waals surface area contributed by atoms with Gasteiger partial charge in [0.25, 0.3) is 0 Å². The SMILES string of the molecule is CC(C)(C)C(=O)N1CCCC(C(=O)N2CCN(C(=O)Cc3c[nH]c4ccccc34)CC2)C1. The molecule has 2 saturated heterocycles. The van der Waals surface area contributed by atoms with Crippen molar-refractivity contribution >= 4 is 28.6 Å². The van der Waals surface area contributed by atoms with Gasteiger partial charge in [0.05, 0.1) is 12.3 Å². The van der Waals surface area contributed by atoms with Crippen molar-refractivity contribution in [3.05, 3.63) is 36.0 Å². The number of nitrogens with zero attached hydrogens (tertiary/aromatic N) is 3. The van der Waals surface area contributed by atoms with E-state index in [1.807, 2.05) is 65.9 Å². The van der Waals surface area contributed by atoms with Gasteiger partial charge in [0, 0.05) is 61.8 Å². The Morgan fingerprint density at radius 2 is 1.66 bits per heavy atom. The molecule has 172 valence electrons. The van der Waals surface area contributed by atoms with Crippen LogP contribution in [0.1, 0.15) is 39.2 Å². The molecule has 1 unspecified atom stereocenters. The van der Waals surface area contributed by atoms with Crippen molar-refractivity contribution in [3.63, 3.8) is 0 Å². The number of para-hydroxylation sites is 1. The maximum absolute atomic E-state index is 13.1. The number of piperazine rings is 1. The van der Waals surface area contributed by atoms with Crippen LogP contribution in [0.2, 0.25) is 0 Å². The summed E-state index contributed by atoms with van der Waals surface area (Å²) in [5.74, 6) is 0.202. The lowest BCUT2D eigenvalue weighted by Crippen LogP contribution is -2.54. The molecule has 7 nitrogen and oxygen atoms in total. The number of aromatic nitrogens is 1. The quantitative estimate of drug-likeness (QED) is 0.800. The second-order valence-electron chi connectivity index (χ2n) is 10.1. The first-order valence-electron chi connectivity index (χ1n) is 11.6. The number of aromatic amines is 1. The maximum Gasteiger partial charge on any atom is 0.227 e. The van der Waals surface area contributed by atoms with E-state index in [1.54, 1.807) is 0 Å². The Bertz CT molecular complexity index is 998. The van der Waals surface area contributed by atoms with E-state index in [-0.39, 0.29) is 23.6 Å². The van der Waals surface area contributed by atoms with Gasteiger partial charge in [0.1, 0.15) is 0 Å². The number of nitrogens with one attached hydrogen (secondary N) is 1. The molecular weight excluding hydrogens is 404 g/mol. The van der Waals surface area contributed by atoms with Crippen molar-refractivity contribution in [1.82, 2.24) is 19.7 Å². The van der Waals surface area contributed by atoms with Crippen LogP contribution >= 0.6 is 0 Å². The molecule has 0 saturated carbocycles. The molecule has 3 amide bonds. The van der Waals surface area contributed by atoms with E-state index in [0.717, 1.165) is 35.9 Å². The third kappa shape index (κ3) is 4.66. The third-order valence-electron chi connectivity index (χ3n) is 6.66. The smallest absolute Gasteiger partial charge is 0.227 e. The monoisotopic (exact) mass is 438 g/mol. The van der Waals surface area contributed by atoms with Crippen molar-refractivity contribution in [3.8, 4) is 0 Å². The molecule has 1 aromatic carbocycles. The number of H-pyrrole nitrogens is 1. The summed E-state index contributed by atoms with van der Waals surface area (Å²) in [6.07, 6.45) is 3.97. The van der Waals surface area contributed by atoms with Crippen LogP contribution in [0.4, 0.5) is 0 Å². The van der Waals surface area contributed by atoms with E-state index >= 15 is 0 Å². The first kappa shape index (κ1) is 22.4. The van der Waals surface area contributed by atoms with Crippen LogP contribution in [0.3, 0.4) is 0 Å². The van der Waals surface area contributed by atoms with Gasteiger partial charge in [-0.05, 0) is 24.5 Å². The number of benzene rings is 1. The highest BCUT2D eigenvalue weighted by molar-refractivity contribution is 5.89. The first-order valence-corrected chi connectivity index (χ1v) is 11.6. The van der Waals surface area contributed by atoms with E-state index in [2.05, 4.69) is 4.98 Å². The Labute approximate surface area is 189 Å². The predicted octanol–water partition coefficient (Wildman–Crippen LogP) is 2.67. The number of rotatable bonds is 3. The van der Waals surface area contributed by atoms with Crippen LogP contribution in [-0.4, -0.2) is 76.7 Å². The summed E-state index contributed by atoms with van der Waals surface area (Å²) in [7, 11) is 0. The zero-order valence-corrected chi connectivity index (χ0v) is 19.4. The zero-order chi connectivity index (χ0) is 22.9. The lowest BCUT2D eigenvalue weighted by atomic mass is 9.90. The van der Waals surface area contributed by atoms with Crippen molar-refractivity contribution in [2.24, 2.45) is 11.3 Å². The Hall–Kier alpha value is -2.83. The van der Waals surface area contributed by atoms with Gasteiger partial charge in [-0.3, -0.25) is 14.4 Å². The fourth-order valence-electron chi connectivity index (χ4n) is 4.82. The van der Waals surface area contributed by atoms with Crippen LogP contribution in [0.5, 0.6) is 0 Å². The van der Waals surface area contributed by atoms with E-state index in [1.165, 1.54) is 0 Å². The summed E-state index contributed by atoms with van der Waals surface area (Å²) in [5, 5.41) is 1.08. The summed E-state index contributed by atoms with van der Waals surface area (Å²) in [5.41, 5.74) is 1.62. The zero-order valence-electron chi connectivity index (χ0n) is 19.4. The molecule has 1 N–H and O–H groups in total. The van der Waals surface area contributed by atoms with Gasteiger partial charge in [-0.15, -0.1) is 0 Å². The average molecular weight is 439 g/mol. The van der Waals surface area contributed by atoms with Crippen LogP contribution in [-0.2, 0) is 20.8 Å². The van der Waals surface area contributed by atoms with Gasteiger partial charge in [0.15, 0.2) is 0 Å². The first-order chi connectivity index (χ1) is 15.2. The highest BCUT2D eigenvalue weighted by Crippen LogP contribution is 2.25. The molecule has 32 heavy (non-hydrogen) atoms. The van der Waals surface area contributed by atoms with Crippen molar-refractivity contribution in [2.75, 3.05) is 39.3 Å². The molecule has 0 spiro atoms. The Kier molecular flexibility index (Phi) is 6.26. The normalized spacial score (nSPS) is 20.0. The Morgan fingerprint density at radius 3 is 2.38 bits per heavy atom. The van der Waals surface area contributed by atoms with Gasteiger partial charge in [-0.2, -0.15) is 0 Å². The van der Waals surface area contributed by atoms with Crippen LogP contribution < -0.4 is 0 Å². The van der Waals surface area contributed by atoms with Gasteiger partial charge < -0.3 is 19.7 Å². The van der Waals surface area contributed by atoms with E-state index in [9.17, 15) is 14.4 Å². The summed E-state index contributed by atoms with van der Waals surface area (Å²) >= 11 is 0. The molecular formula is C25H34N4O3. The third-order valence-corrected chi connectivity index (χ3v) is 6.66. The number of amides is 3. The van der Waals surface area contributed by atoms with E-state index in [0.29, 0.717) is 39.1 Å². The number of likely N-dealkylation sites (tertiary alicyclic amines) is 1. The second-order valence-corrected chi connectivity index (χ2v) is 10.1. The fourth-order valence-corrected chi connectivity index (χ4v) is 4.82. The molecule has 4 rings (SSSR count). The topological polar surface area (TPSA) is 76.7 Å². The largest absolute Gasteiger partial charge is 0.361 e. The van der Waals surface area contributed by atoms with Crippen molar-refractivity contribution < 1.29 is 14.4 Å². The lowest BCUT2D eigenvalue weighted by molar-refractivity contribution is -0.147. The molecule has 0 aliphatic carbocycles. The van der Waals surface area contributed by atoms with Gasteiger partial charge >= 0.3 is 0 Å². The number of carbonyl (C=O) groups excluding carboxylic acids is 3. The predicted molar refractivity (Wildman–Crippen MR) is 124 cm³/mol. The highest BCUT2D eigenvalue weighted by atomic mass is 16.2. The average Bonchev–Trinajstić information content (AvgIpc) is 3.20. The molecule has 7 heteroatoms. The summed E-state index contributed by atoms with van der Waals surface area (Å²) in [6, 6.07) is 8.00. The summed E-state index contributed by atoms with van der Waals surface area (Å²) in [4.78, 5) is 47.5. The fraction of sp³-hybridized carbons (Fsp3) is 0.560. The number of piperidine rings is 1. The van der Waals surface area contributed by atoms with Gasteiger partial charge in [0.2, 0.25) is 17.7 Å². The number of hydrogen-bond acceptors (Lipinski definition) is 3. The van der Waals surface area contributed by atoms with Crippen LogP contribution in [0.15, 0.2) is 30.5 Å². The van der Waals surface area contributed by atoms with Crippen LogP contribution in [0, 0.1) is 11.3 Å². The van der Waals surface area contributed by atoms with Gasteiger partial charge in [-0.25, -0.2) is 0 Å². The number of fused-ring (bicyclic) bond motifs is 1. The molecule has 2 aromatic rings. The lowest BCUT2D eigenvalue weighted by Gasteiger charge is -2.40. The molecule has 2 aliphatic rings. The van der Waals surface area contributed by atoms with E-state index < -0.39 is 5.41 Å². The van der Waals surface area contributed by atoms with Gasteiger partial charge in [-0.1, -0.05) is 39.0 Å². The molecule has 0 bridgehead atoms. The van der Waals surface area contributed by atoms with Crippen LogP contribution in [0.25, 0.3) is 10.9 Å². The standard InChI is InChI=1S/C25H34N4O3/c1-25(2,3)24(32)29-10-6-7-18(17-29)23(31)28-13-11-27(12-14-28)22(30)15-19-16-26-21-9-5-4-8-20(19)21/h4-5,8-9,16,18,26H,6-7,10-15,17H2,1-3H3. The number of carbonyl (C=O) groups is 3. The van der Waals surface area contributed by atoms with Crippen molar-refractivity contribution in [2.45, 2.75) is 40.0 Å². The minimum absolute atomic E-state index is 0.0986. The Balaban J connectivity index is 1.30. The highest BCUT2D eigenvalue weighted by Gasteiger charge is 2.36. The van der Waals surface area contributed by atoms with Crippen molar-refractivity contribution in [1.29, 1.82) is 0 Å². The molecule has 1 atom stereocenters. The molecule has 3 heterocycles.